The molecular formula is C20H13NO3. The third-order valence-corrected chi connectivity index (χ3v) is 4.12. The highest BCUT2D eigenvalue weighted by Crippen LogP contribution is 2.36. The van der Waals surface area contributed by atoms with E-state index in [0.717, 1.165) is 39.3 Å². The van der Waals surface area contributed by atoms with Crippen LogP contribution < -0.4 is 9.47 Å². The van der Waals surface area contributed by atoms with E-state index in [9.17, 15) is 0 Å². The summed E-state index contributed by atoms with van der Waals surface area (Å²) in [7, 11) is 0. The van der Waals surface area contributed by atoms with Gasteiger partial charge in [-0.25, -0.2) is 4.98 Å². The standard InChI is InChI=1S/C20H13NO3/c1-2-4-13(5-3-1)20-21-16-8-6-14(10-18(16)24-20)15-7-9-17-19(11-15)23-12-22-17/h1-11H,12H2. The number of benzene rings is 3. The predicted molar refractivity (Wildman–Crippen MR) is 91.0 cm³/mol. The quantitative estimate of drug-likeness (QED) is 0.528. The van der Waals surface area contributed by atoms with Crippen molar-refractivity contribution in [2.45, 2.75) is 0 Å². The minimum atomic E-state index is 0.278. The summed E-state index contributed by atoms with van der Waals surface area (Å²) in [6.07, 6.45) is 0. The molecular weight excluding hydrogens is 302 g/mol. The molecule has 3 aromatic carbocycles. The van der Waals surface area contributed by atoms with E-state index in [2.05, 4.69) is 4.98 Å². The molecule has 0 bridgehead atoms. The lowest BCUT2D eigenvalue weighted by molar-refractivity contribution is 0.174. The maximum Gasteiger partial charge on any atom is 0.231 e. The van der Waals surface area contributed by atoms with Gasteiger partial charge < -0.3 is 13.9 Å². The Hall–Kier alpha value is -3.27. The minimum Gasteiger partial charge on any atom is -0.454 e. The summed E-state index contributed by atoms with van der Waals surface area (Å²) in [4.78, 5) is 4.56. The van der Waals surface area contributed by atoms with Crippen LogP contribution in [0.1, 0.15) is 0 Å². The Balaban J connectivity index is 1.58. The number of nitrogens with zero attached hydrogens (tertiary/aromatic N) is 1. The molecule has 0 N–H and O–H groups in total. The molecule has 0 amide bonds. The Morgan fingerprint density at radius 2 is 1.50 bits per heavy atom. The van der Waals surface area contributed by atoms with E-state index in [1.165, 1.54) is 0 Å². The van der Waals surface area contributed by atoms with Gasteiger partial charge in [0, 0.05) is 5.56 Å². The van der Waals surface area contributed by atoms with E-state index in [4.69, 9.17) is 13.9 Å². The lowest BCUT2D eigenvalue weighted by Crippen LogP contribution is -1.92. The fourth-order valence-electron chi connectivity index (χ4n) is 2.88. The van der Waals surface area contributed by atoms with E-state index < -0.39 is 0 Å². The van der Waals surface area contributed by atoms with Crippen LogP contribution in [0.2, 0.25) is 0 Å². The summed E-state index contributed by atoms with van der Waals surface area (Å²) in [6, 6.07) is 21.9. The first-order valence-electron chi connectivity index (χ1n) is 7.73. The van der Waals surface area contributed by atoms with Gasteiger partial charge in [0.05, 0.1) is 0 Å². The number of rotatable bonds is 2. The molecule has 4 aromatic rings. The van der Waals surface area contributed by atoms with Crippen molar-refractivity contribution in [2.75, 3.05) is 6.79 Å². The van der Waals surface area contributed by atoms with E-state index >= 15 is 0 Å². The van der Waals surface area contributed by atoms with Gasteiger partial charge in [-0.05, 0) is 47.5 Å². The molecule has 1 aromatic heterocycles. The van der Waals surface area contributed by atoms with Crippen LogP contribution in [0.3, 0.4) is 0 Å². The van der Waals surface area contributed by atoms with Crippen molar-refractivity contribution in [3.63, 3.8) is 0 Å². The lowest BCUT2D eigenvalue weighted by Gasteiger charge is -2.03. The van der Waals surface area contributed by atoms with Crippen molar-refractivity contribution in [1.29, 1.82) is 0 Å². The highest BCUT2D eigenvalue weighted by molar-refractivity contribution is 5.82. The van der Waals surface area contributed by atoms with E-state index in [-0.39, 0.29) is 6.79 Å². The minimum absolute atomic E-state index is 0.278. The Kier molecular flexibility index (Phi) is 2.82. The molecule has 0 saturated carbocycles. The van der Waals surface area contributed by atoms with Gasteiger partial charge in [-0.3, -0.25) is 0 Å². The fraction of sp³-hybridized carbons (Fsp3) is 0.0500. The largest absolute Gasteiger partial charge is 0.454 e. The molecule has 0 unspecified atom stereocenters. The first-order chi connectivity index (χ1) is 11.9. The molecule has 1 aliphatic rings. The van der Waals surface area contributed by atoms with E-state index in [0.29, 0.717) is 5.89 Å². The molecule has 5 rings (SSSR count). The van der Waals surface area contributed by atoms with Crippen LogP contribution in [0.4, 0.5) is 0 Å². The summed E-state index contributed by atoms with van der Waals surface area (Å²) < 4.78 is 16.8. The number of fused-ring (bicyclic) bond motifs is 2. The smallest absolute Gasteiger partial charge is 0.231 e. The van der Waals surface area contributed by atoms with Crippen LogP contribution in [0.15, 0.2) is 71.1 Å². The van der Waals surface area contributed by atoms with Crippen molar-refractivity contribution >= 4 is 11.1 Å². The molecule has 0 radical (unpaired) electrons. The van der Waals surface area contributed by atoms with E-state index in [1.807, 2.05) is 66.7 Å². The second-order valence-electron chi connectivity index (χ2n) is 5.64. The summed E-state index contributed by atoms with van der Waals surface area (Å²) in [5, 5.41) is 0. The van der Waals surface area contributed by atoms with Crippen molar-refractivity contribution in [2.24, 2.45) is 0 Å². The summed E-state index contributed by atoms with van der Waals surface area (Å²) in [5.74, 6) is 2.19. The molecule has 4 heteroatoms. The third kappa shape index (κ3) is 2.12. The maximum absolute atomic E-state index is 5.94. The molecule has 0 atom stereocenters. The molecule has 4 nitrogen and oxygen atoms in total. The average molecular weight is 315 g/mol. The first-order valence-corrected chi connectivity index (χ1v) is 7.73. The zero-order valence-electron chi connectivity index (χ0n) is 12.7. The van der Waals surface area contributed by atoms with E-state index in [1.54, 1.807) is 0 Å². The van der Waals surface area contributed by atoms with Crippen molar-refractivity contribution < 1.29 is 13.9 Å². The molecule has 1 aliphatic heterocycles. The number of hydrogen-bond donors (Lipinski definition) is 0. The molecule has 116 valence electrons. The third-order valence-electron chi connectivity index (χ3n) is 4.12. The number of ether oxygens (including phenoxy) is 2. The Morgan fingerprint density at radius 1 is 0.708 bits per heavy atom. The Morgan fingerprint density at radius 3 is 2.42 bits per heavy atom. The van der Waals surface area contributed by atoms with Gasteiger partial charge in [0.15, 0.2) is 17.1 Å². The van der Waals surface area contributed by atoms with Crippen LogP contribution in [0.5, 0.6) is 11.5 Å². The van der Waals surface area contributed by atoms with Gasteiger partial charge in [-0.2, -0.15) is 0 Å². The average Bonchev–Trinajstić information content (AvgIpc) is 3.27. The van der Waals surface area contributed by atoms with Crippen molar-refractivity contribution in [3.05, 3.63) is 66.7 Å². The Bertz CT molecular complexity index is 1040. The fourth-order valence-corrected chi connectivity index (χ4v) is 2.88. The predicted octanol–water partition coefficient (Wildman–Crippen LogP) is 4.89. The SMILES string of the molecule is c1ccc(-c2nc3ccc(-c4ccc5c(c4)OCO5)cc3o2)cc1. The van der Waals surface area contributed by atoms with Crippen molar-refractivity contribution in [1.82, 2.24) is 4.98 Å². The van der Waals surface area contributed by atoms with Crippen LogP contribution in [-0.4, -0.2) is 11.8 Å². The van der Waals surface area contributed by atoms with Gasteiger partial charge in [-0.1, -0.05) is 30.3 Å². The maximum atomic E-state index is 5.94. The first kappa shape index (κ1) is 13.2. The second-order valence-corrected chi connectivity index (χ2v) is 5.64. The lowest BCUT2D eigenvalue weighted by atomic mass is 10.0. The highest BCUT2D eigenvalue weighted by Gasteiger charge is 2.15. The van der Waals surface area contributed by atoms with Crippen LogP contribution >= 0.6 is 0 Å². The molecule has 0 aliphatic carbocycles. The second kappa shape index (κ2) is 5.13. The summed E-state index contributed by atoms with van der Waals surface area (Å²) in [6.45, 7) is 0.278. The monoisotopic (exact) mass is 315 g/mol. The van der Waals surface area contributed by atoms with Crippen LogP contribution in [0, 0.1) is 0 Å². The topological polar surface area (TPSA) is 44.5 Å². The molecule has 24 heavy (non-hydrogen) atoms. The molecule has 0 saturated heterocycles. The van der Waals surface area contributed by atoms with Gasteiger partial charge in [0.2, 0.25) is 12.7 Å². The van der Waals surface area contributed by atoms with Crippen LogP contribution in [0.25, 0.3) is 33.7 Å². The molecule has 2 heterocycles. The summed E-state index contributed by atoms with van der Waals surface area (Å²) in [5.41, 5.74) is 4.69. The zero-order valence-corrected chi connectivity index (χ0v) is 12.7. The summed E-state index contributed by atoms with van der Waals surface area (Å²) >= 11 is 0. The number of hydrogen-bond acceptors (Lipinski definition) is 4. The van der Waals surface area contributed by atoms with Gasteiger partial charge in [0.1, 0.15) is 5.52 Å². The Labute approximate surface area is 138 Å². The highest BCUT2D eigenvalue weighted by atomic mass is 16.7. The van der Waals surface area contributed by atoms with Gasteiger partial charge in [0.25, 0.3) is 0 Å². The number of aromatic nitrogens is 1. The van der Waals surface area contributed by atoms with Gasteiger partial charge in [-0.15, -0.1) is 0 Å². The zero-order chi connectivity index (χ0) is 15.9. The normalized spacial score (nSPS) is 12.7. The molecule has 0 fully saturated rings. The van der Waals surface area contributed by atoms with Crippen molar-refractivity contribution in [3.8, 4) is 34.1 Å². The van der Waals surface area contributed by atoms with Crippen LogP contribution in [-0.2, 0) is 0 Å². The molecule has 0 spiro atoms. The van der Waals surface area contributed by atoms with Gasteiger partial charge >= 0.3 is 0 Å². The number of oxazole rings is 1.